The van der Waals surface area contributed by atoms with Crippen molar-refractivity contribution in [2.45, 2.75) is 32.7 Å². The van der Waals surface area contributed by atoms with Crippen LogP contribution in [0.25, 0.3) is 0 Å². The molecule has 0 atom stereocenters. The Labute approximate surface area is 109 Å². The number of amides is 1. The van der Waals surface area contributed by atoms with Gasteiger partial charge < -0.3 is 10.6 Å². The number of aryl methyl sites for hydroxylation is 1. The summed E-state index contributed by atoms with van der Waals surface area (Å²) >= 11 is 0. The highest BCUT2D eigenvalue weighted by Crippen LogP contribution is 2.13. The molecule has 0 saturated heterocycles. The molecule has 1 aromatic rings. The van der Waals surface area contributed by atoms with Crippen molar-refractivity contribution in [2.24, 2.45) is 0 Å². The molecule has 0 aliphatic rings. The molecule has 17 heavy (non-hydrogen) atoms. The van der Waals surface area contributed by atoms with Gasteiger partial charge in [0.1, 0.15) is 0 Å². The molecule has 0 saturated carbocycles. The second-order valence-electron chi connectivity index (χ2n) is 4.30. The highest BCUT2D eigenvalue weighted by molar-refractivity contribution is 5.85. The van der Waals surface area contributed by atoms with Crippen LogP contribution in [0.1, 0.15) is 25.8 Å². The molecule has 3 nitrogen and oxygen atoms in total. The molecule has 0 heterocycles. The number of rotatable bonds is 4. The van der Waals surface area contributed by atoms with Gasteiger partial charge in [0.15, 0.2) is 0 Å². The number of hydrogen-bond acceptors (Lipinski definition) is 2. The Balaban J connectivity index is 0.00000256. The zero-order chi connectivity index (χ0) is 12.1. The molecule has 0 spiro atoms. The van der Waals surface area contributed by atoms with E-state index in [0.29, 0.717) is 12.8 Å². The molecule has 0 radical (unpaired) electrons. The molecule has 0 aromatic heterocycles. The van der Waals surface area contributed by atoms with Gasteiger partial charge in [-0.15, -0.1) is 12.4 Å². The van der Waals surface area contributed by atoms with Crippen molar-refractivity contribution in [3.63, 3.8) is 0 Å². The van der Waals surface area contributed by atoms with Crippen molar-refractivity contribution >= 4 is 24.0 Å². The number of nitrogens with zero attached hydrogens (tertiary/aromatic N) is 1. The van der Waals surface area contributed by atoms with Gasteiger partial charge in [0.25, 0.3) is 0 Å². The van der Waals surface area contributed by atoms with Gasteiger partial charge >= 0.3 is 0 Å². The van der Waals surface area contributed by atoms with Crippen LogP contribution in [-0.4, -0.2) is 23.9 Å². The van der Waals surface area contributed by atoms with E-state index in [9.17, 15) is 4.79 Å². The molecule has 0 unspecified atom stereocenters. The molecular formula is C13H21ClN2O. The van der Waals surface area contributed by atoms with Gasteiger partial charge in [-0.2, -0.15) is 0 Å². The van der Waals surface area contributed by atoms with E-state index in [4.69, 9.17) is 5.73 Å². The fourth-order valence-corrected chi connectivity index (χ4v) is 1.47. The van der Waals surface area contributed by atoms with E-state index in [1.54, 1.807) is 4.90 Å². The lowest BCUT2D eigenvalue weighted by Gasteiger charge is -2.21. The van der Waals surface area contributed by atoms with Gasteiger partial charge in [-0.1, -0.05) is 18.2 Å². The first kappa shape index (κ1) is 15.8. The SMILES string of the molecule is CC(C)N(C)C(=O)CCc1ccccc1N.Cl. The predicted molar refractivity (Wildman–Crippen MR) is 74.3 cm³/mol. The summed E-state index contributed by atoms with van der Waals surface area (Å²) in [5, 5.41) is 0. The van der Waals surface area contributed by atoms with Crippen LogP contribution in [-0.2, 0) is 11.2 Å². The molecule has 0 fully saturated rings. The number of nitrogens with two attached hydrogens (primary N) is 1. The maximum Gasteiger partial charge on any atom is 0.222 e. The topological polar surface area (TPSA) is 46.3 Å². The third kappa shape index (κ3) is 4.65. The van der Waals surface area contributed by atoms with Crippen LogP contribution in [0.5, 0.6) is 0 Å². The predicted octanol–water partition coefficient (Wildman–Crippen LogP) is 2.49. The Morgan fingerprint density at radius 2 is 1.94 bits per heavy atom. The van der Waals surface area contributed by atoms with Gasteiger partial charge in [-0.3, -0.25) is 4.79 Å². The van der Waals surface area contributed by atoms with Crippen molar-refractivity contribution in [3.05, 3.63) is 29.8 Å². The van der Waals surface area contributed by atoms with Crippen LogP contribution in [0, 0.1) is 0 Å². The number of benzene rings is 1. The molecule has 4 heteroatoms. The summed E-state index contributed by atoms with van der Waals surface area (Å²) < 4.78 is 0. The van der Waals surface area contributed by atoms with E-state index in [1.165, 1.54) is 0 Å². The quantitative estimate of drug-likeness (QED) is 0.842. The summed E-state index contributed by atoms with van der Waals surface area (Å²) in [6.07, 6.45) is 1.23. The summed E-state index contributed by atoms with van der Waals surface area (Å²) in [6, 6.07) is 7.94. The van der Waals surface area contributed by atoms with E-state index in [0.717, 1.165) is 11.3 Å². The highest BCUT2D eigenvalue weighted by atomic mass is 35.5. The Morgan fingerprint density at radius 1 is 1.35 bits per heavy atom. The number of hydrogen-bond donors (Lipinski definition) is 1. The van der Waals surface area contributed by atoms with Crippen LogP contribution in [0.3, 0.4) is 0 Å². The first-order valence-corrected chi connectivity index (χ1v) is 5.61. The number of carbonyl (C=O) groups is 1. The normalized spacial score (nSPS) is 9.88. The summed E-state index contributed by atoms with van der Waals surface area (Å²) in [6.45, 7) is 4.02. The average molecular weight is 257 g/mol. The van der Waals surface area contributed by atoms with Crippen molar-refractivity contribution in [1.82, 2.24) is 4.90 Å². The van der Waals surface area contributed by atoms with Crippen molar-refractivity contribution in [3.8, 4) is 0 Å². The van der Waals surface area contributed by atoms with E-state index in [1.807, 2.05) is 45.2 Å². The summed E-state index contributed by atoms with van der Waals surface area (Å²) in [5.74, 6) is 0.165. The van der Waals surface area contributed by atoms with Gasteiger partial charge in [0, 0.05) is 25.2 Å². The number of carbonyl (C=O) groups excluding carboxylic acids is 1. The van der Waals surface area contributed by atoms with E-state index in [-0.39, 0.29) is 24.4 Å². The largest absolute Gasteiger partial charge is 0.399 e. The zero-order valence-electron chi connectivity index (χ0n) is 10.6. The molecule has 1 amide bonds. The number of para-hydroxylation sites is 1. The van der Waals surface area contributed by atoms with Crippen LogP contribution in [0.15, 0.2) is 24.3 Å². The second-order valence-corrected chi connectivity index (χ2v) is 4.30. The molecule has 0 bridgehead atoms. The minimum Gasteiger partial charge on any atom is -0.399 e. The van der Waals surface area contributed by atoms with Crippen molar-refractivity contribution < 1.29 is 4.79 Å². The number of halogens is 1. The van der Waals surface area contributed by atoms with E-state index >= 15 is 0 Å². The van der Waals surface area contributed by atoms with Gasteiger partial charge in [-0.05, 0) is 31.9 Å². The maximum atomic E-state index is 11.8. The monoisotopic (exact) mass is 256 g/mol. The lowest BCUT2D eigenvalue weighted by atomic mass is 10.1. The molecule has 0 aliphatic carbocycles. The third-order valence-corrected chi connectivity index (χ3v) is 2.83. The van der Waals surface area contributed by atoms with Crippen molar-refractivity contribution in [2.75, 3.05) is 12.8 Å². The number of nitrogen functional groups attached to an aromatic ring is 1. The minimum atomic E-state index is 0. The zero-order valence-corrected chi connectivity index (χ0v) is 11.5. The summed E-state index contributed by atoms with van der Waals surface area (Å²) in [7, 11) is 1.83. The maximum absolute atomic E-state index is 11.8. The van der Waals surface area contributed by atoms with Gasteiger partial charge in [-0.25, -0.2) is 0 Å². The molecule has 1 aromatic carbocycles. The number of anilines is 1. The fourth-order valence-electron chi connectivity index (χ4n) is 1.47. The molecular weight excluding hydrogens is 236 g/mol. The van der Waals surface area contributed by atoms with E-state index < -0.39 is 0 Å². The lowest BCUT2D eigenvalue weighted by Crippen LogP contribution is -2.33. The standard InChI is InChI=1S/C13H20N2O.ClH/c1-10(2)15(3)13(16)9-8-11-6-4-5-7-12(11)14;/h4-7,10H,8-9,14H2,1-3H3;1H. The molecule has 0 aliphatic heterocycles. The van der Waals surface area contributed by atoms with Crippen LogP contribution < -0.4 is 5.73 Å². The van der Waals surface area contributed by atoms with Crippen molar-refractivity contribution in [1.29, 1.82) is 0 Å². The second kappa shape index (κ2) is 7.17. The smallest absolute Gasteiger partial charge is 0.222 e. The summed E-state index contributed by atoms with van der Waals surface area (Å²) in [5.41, 5.74) is 7.63. The third-order valence-electron chi connectivity index (χ3n) is 2.83. The van der Waals surface area contributed by atoms with Gasteiger partial charge in [0.2, 0.25) is 5.91 Å². The van der Waals surface area contributed by atoms with Crippen LogP contribution in [0.2, 0.25) is 0 Å². The summed E-state index contributed by atoms with van der Waals surface area (Å²) in [4.78, 5) is 13.5. The van der Waals surface area contributed by atoms with Crippen LogP contribution in [0.4, 0.5) is 5.69 Å². The lowest BCUT2D eigenvalue weighted by molar-refractivity contribution is -0.131. The first-order chi connectivity index (χ1) is 7.52. The average Bonchev–Trinajstić information content (AvgIpc) is 2.26. The molecule has 2 N–H and O–H groups in total. The minimum absolute atomic E-state index is 0. The first-order valence-electron chi connectivity index (χ1n) is 5.61. The van der Waals surface area contributed by atoms with E-state index in [2.05, 4.69) is 0 Å². The van der Waals surface area contributed by atoms with Crippen LogP contribution >= 0.6 is 12.4 Å². The van der Waals surface area contributed by atoms with Gasteiger partial charge in [0.05, 0.1) is 0 Å². The highest BCUT2D eigenvalue weighted by Gasteiger charge is 2.11. The Hall–Kier alpha value is -1.22. The molecule has 96 valence electrons. The molecule has 1 rings (SSSR count). The Morgan fingerprint density at radius 3 is 2.47 bits per heavy atom. The Bertz CT molecular complexity index is 366. The fraction of sp³-hybridized carbons (Fsp3) is 0.462. The Kier molecular flexibility index (Phi) is 6.66.